The third kappa shape index (κ3) is 8.86. The highest BCUT2D eigenvalue weighted by Crippen LogP contribution is 2.55. The first kappa shape index (κ1) is 56.1. The van der Waals surface area contributed by atoms with Crippen molar-refractivity contribution in [2.75, 3.05) is 9.80 Å². The van der Waals surface area contributed by atoms with Gasteiger partial charge in [0.05, 0.1) is 44.8 Å². The van der Waals surface area contributed by atoms with Crippen molar-refractivity contribution in [3.8, 4) is 33.6 Å². The van der Waals surface area contributed by atoms with Crippen LogP contribution in [-0.4, -0.2) is 9.13 Å². The number of anilines is 6. The summed E-state index contributed by atoms with van der Waals surface area (Å²) in [7, 11) is 0. The third-order valence-corrected chi connectivity index (χ3v) is 21.1. The second-order valence-electron chi connectivity index (χ2n) is 27.1. The third-order valence-electron chi connectivity index (χ3n) is 21.1. The van der Waals surface area contributed by atoms with Gasteiger partial charge in [-0.25, -0.2) is 0 Å². The summed E-state index contributed by atoms with van der Waals surface area (Å²) in [5.41, 5.74) is 27.9. The average molecular weight is 1210 g/mol. The molecule has 4 heteroatoms. The summed E-state index contributed by atoms with van der Waals surface area (Å²) < 4.78 is 5.02. The first-order valence-corrected chi connectivity index (χ1v) is 34.3. The fourth-order valence-corrected chi connectivity index (χ4v) is 16.9. The molecular formula is C90H74N4. The van der Waals surface area contributed by atoms with Crippen LogP contribution in [0.15, 0.2) is 267 Å². The monoisotopic (exact) mass is 1210 g/mol. The van der Waals surface area contributed by atoms with Crippen LogP contribution in [0.5, 0.6) is 0 Å². The van der Waals surface area contributed by atoms with Crippen molar-refractivity contribution in [2.24, 2.45) is 0 Å². The van der Waals surface area contributed by atoms with Gasteiger partial charge in [0, 0.05) is 55.1 Å². The Kier molecular flexibility index (Phi) is 13.5. The van der Waals surface area contributed by atoms with Gasteiger partial charge in [-0.2, -0.15) is 0 Å². The largest absolute Gasteiger partial charge is 0.309 e. The Morgan fingerprint density at radius 3 is 1.07 bits per heavy atom. The molecule has 94 heavy (non-hydrogen) atoms. The standard InChI is InChI=1S/C90H74N4/c1-57(2)75-55-85(93(77-43-21-31-61-29-11-13-37-67(61)77)83-47-23-45-81-89(83)71-39-15-17-41-79(71)91(81)65-35-19-33-63(53-65)59-25-7-5-8-26-59)73-52-50-70-76(58(3)4)56-86(74-51-49-69(75)87(73)88(70)74)94(78-44-22-32-62-30-12-14-38-68(62)78)84-48-24-46-82-90(84)72-40-16-18-42-80(72)92(82)66-36-20-34-64(54-66)60-27-9-6-10-28-60/h5-10,15-28,31-36,39-58H,11-14,29-30,37-38H2,1-4H3. The van der Waals surface area contributed by atoms with Crippen LogP contribution in [0.4, 0.5) is 34.1 Å². The van der Waals surface area contributed by atoms with Crippen molar-refractivity contribution < 1.29 is 0 Å². The Balaban J connectivity index is 0.930. The summed E-state index contributed by atoms with van der Waals surface area (Å²) in [5, 5.41) is 12.8. The van der Waals surface area contributed by atoms with Gasteiger partial charge >= 0.3 is 0 Å². The topological polar surface area (TPSA) is 16.3 Å². The molecule has 2 heterocycles. The van der Waals surface area contributed by atoms with Gasteiger partial charge in [-0.15, -0.1) is 0 Å². The quantitative estimate of drug-likeness (QED) is 0.113. The number of para-hydroxylation sites is 2. The van der Waals surface area contributed by atoms with Gasteiger partial charge in [-0.1, -0.05) is 210 Å². The highest BCUT2D eigenvalue weighted by Gasteiger charge is 2.32. The van der Waals surface area contributed by atoms with E-state index < -0.39 is 0 Å². The van der Waals surface area contributed by atoms with Crippen LogP contribution < -0.4 is 9.80 Å². The van der Waals surface area contributed by atoms with Gasteiger partial charge in [0.1, 0.15) is 0 Å². The summed E-state index contributed by atoms with van der Waals surface area (Å²) in [6.07, 6.45) is 9.03. The molecule has 2 aliphatic rings. The zero-order valence-corrected chi connectivity index (χ0v) is 54.0. The number of rotatable bonds is 12. The number of fused-ring (bicyclic) bond motifs is 8. The fourth-order valence-electron chi connectivity index (χ4n) is 16.9. The maximum absolute atomic E-state index is 2.72. The van der Waals surface area contributed by atoms with E-state index in [-0.39, 0.29) is 11.8 Å². The van der Waals surface area contributed by atoms with E-state index in [0.717, 1.165) is 37.1 Å². The first-order valence-electron chi connectivity index (χ1n) is 34.3. The van der Waals surface area contributed by atoms with Crippen LogP contribution in [-0.2, 0) is 25.7 Å². The lowest BCUT2D eigenvalue weighted by Crippen LogP contribution is -2.17. The molecule has 0 saturated carbocycles. The predicted molar refractivity (Wildman–Crippen MR) is 401 cm³/mol. The van der Waals surface area contributed by atoms with Gasteiger partial charge in [0.15, 0.2) is 0 Å². The minimum atomic E-state index is 0.226. The molecular weight excluding hydrogens is 1140 g/mol. The smallest absolute Gasteiger partial charge is 0.0562 e. The average Bonchev–Trinajstić information content (AvgIpc) is 0.921. The molecule has 18 rings (SSSR count). The number of benzene rings is 14. The number of hydrogen-bond donors (Lipinski definition) is 0. The maximum Gasteiger partial charge on any atom is 0.0562 e. The molecule has 0 atom stereocenters. The molecule has 14 aromatic carbocycles. The van der Waals surface area contributed by atoms with E-state index in [1.165, 1.54) is 191 Å². The first-order chi connectivity index (χ1) is 46.3. The zero-order chi connectivity index (χ0) is 62.7. The van der Waals surface area contributed by atoms with Crippen molar-refractivity contribution in [3.63, 3.8) is 0 Å². The van der Waals surface area contributed by atoms with Gasteiger partial charge in [-0.05, 0) is 225 Å². The van der Waals surface area contributed by atoms with E-state index >= 15 is 0 Å². The van der Waals surface area contributed by atoms with Crippen molar-refractivity contribution in [3.05, 3.63) is 300 Å². The Hall–Kier alpha value is -10.7. The molecule has 4 nitrogen and oxygen atoms in total. The van der Waals surface area contributed by atoms with Crippen molar-refractivity contribution in [2.45, 2.75) is 90.9 Å². The van der Waals surface area contributed by atoms with Gasteiger partial charge in [0.2, 0.25) is 0 Å². The van der Waals surface area contributed by atoms with E-state index in [0.29, 0.717) is 0 Å². The molecule has 0 amide bonds. The lowest BCUT2D eigenvalue weighted by molar-refractivity contribution is 0.686. The molecule has 0 N–H and O–H groups in total. The van der Waals surface area contributed by atoms with Gasteiger partial charge in [0.25, 0.3) is 0 Å². The number of nitrogens with zero attached hydrogens (tertiary/aromatic N) is 4. The van der Waals surface area contributed by atoms with Crippen LogP contribution in [0, 0.1) is 0 Å². The lowest BCUT2D eigenvalue weighted by Gasteiger charge is -2.34. The molecule has 0 unspecified atom stereocenters. The van der Waals surface area contributed by atoms with E-state index in [9.17, 15) is 0 Å². The van der Waals surface area contributed by atoms with E-state index in [1.54, 1.807) is 0 Å². The van der Waals surface area contributed by atoms with E-state index in [4.69, 9.17) is 0 Å². The minimum absolute atomic E-state index is 0.226. The molecule has 0 radical (unpaired) electrons. The highest BCUT2D eigenvalue weighted by atomic mass is 15.2. The molecule has 0 saturated heterocycles. The summed E-state index contributed by atoms with van der Waals surface area (Å²) in [5.74, 6) is 0.452. The SMILES string of the molecule is CC(C)c1cc(N(c2cccc3c2CCCC3)c2cccc3c2c2ccccc2n3-c2cccc(-c3ccccc3)c2)c2ccc3c(C(C)C)cc(N(c4cccc5c4CCCC5)c4cccc5c4c4ccccc4n5-c4cccc(-c5ccccc5)c4)c4ccc1c2c34. The number of hydrogen-bond acceptors (Lipinski definition) is 2. The second kappa shape index (κ2) is 22.6. The summed E-state index contributed by atoms with van der Waals surface area (Å²) in [4.78, 5) is 5.44. The normalized spacial score (nSPS) is 13.4. The second-order valence-corrected chi connectivity index (χ2v) is 27.1. The van der Waals surface area contributed by atoms with E-state index in [2.05, 4.69) is 314 Å². The Morgan fingerprint density at radius 2 is 0.628 bits per heavy atom. The minimum Gasteiger partial charge on any atom is -0.309 e. The zero-order valence-electron chi connectivity index (χ0n) is 54.0. The maximum atomic E-state index is 2.72. The molecule has 0 fully saturated rings. The number of aromatic nitrogens is 2. The van der Waals surface area contributed by atoms with Crippen LogP contribution >= 0.6 is 0 Å². The predicted octanol–water partition coefficient (Wildman–Crippen LogP) is 25.1. The molecule has 454 valence electrons. The lowest BCUT2D eigenvalue weighted by atomic mass is 9.83. The fraction of sp³-hybridized carbons (Fsp3) is 0.156. The molecule has 16 aromatic rings. The van der Waals surface area contributed by atoms with E-state index in [1.807, 2.05) is 0 Å². The van der Waals surface area contributed by atoms with Crippen LogP contribution in [0.2, 0.25) is 0 Å². The summed E-state index contributed by atoms with van der Waals surface area (Å²) in [6.45, 7) is 9.62. The molecule has 0 aliphatic heterocycles. The molecule has 0 spiro atoms. The van der Waals surface area contributed by atoms with Crippen molar-refractivity contribution in [1.82, 2.24) is 9.13 Å². The highest BCUT2D eigenvalue weighted by molar-refractivity contribution is 6.31. The Labute approximate surface area is 550 Å². The van der Waals surface area contributed by atoms with Gasteiger partial charge < -0.3 is 18.9 Å². The summed E-state index contributed by atoms with van der Waals surface area (Å²) >= 11 is 0. The van der Waals surface area contributed by atoms with Crippen LogP contribution in [0.25, 0.3) is 110 Å². The number of aryl methyl sites for hydroxylation is 2. The van der Waals surface area contributed by atoms with Crippen molar-refractivity contribution >= 4 is 110 Å². The Bertz CT molecular complexity index is 5300. The van der Waals surface area contributed by atoms with Crippen molar-refractivity contribution in [1.29, 1.82) is 0 Å². The van der Waals surface area contributed by atoms with Gasteiger partial charge in [-0.3, -0.25) is 0 Å². The molecule has 2 aliphatic carbocycles. The Morgan fingerprint density at radius 1 is 0.266 bits per heavy atom. The molecule has 0 bridgehead atoms. The molecule has 2 aromatic heterocycles. The van der Waals surface area contributed by atoms with Crippen LogP contribution in [0.3, 0.4) is 0 Å². The van der Waals surface area contributed by atoms with Crippen LogP contribution in [0.1, 0.15) is 98.6 Å². The summed E-state index contributed by atoms with van der Waals surface area (Å²) in [6, 6.07) is 102.